The summed E-state index contributed by atoms with van der Waals surface area (Å²) in [6.45, 7) is 2.75. The van der Waals surface area contributed by atoms with Gasteiger partial charge in [0.05, 0.1) is 7.11 Å². The number of benzene rings is 4. The lowest BCUT2D eigenvalue weighted by molar-refractivity contribution is -0.274. The second-order valence-electron chi connectivity index (χ2n) is 7.78. The predicted octanol–water partition coefficient (Wildman–Crippen LogP) is 7.26. The molecule has 0 aliphatic rings. The van der Waals surface area contributed by atoms with Crippen LogP contribution in [0.4, 0.5) is 13.2 Å². The van der Waals surface area contributed by atoms with Crippen LogP contribution in [0.2, 0.25) is 0 Å². The first kappa shape index (κ1) is 22.7. The Hall–Kier alpha value is -3.51. The van der Waals surface area contributed by atoms with Crippen molar-refractivity contribution >= 4 is 10.8 Å². The van der Waals surface area contributed by atoms with Gasteiger partial charge in [0.15, 0.2) is 0 Å². The van der Waals surface area contributed by atoms with Crippen molar-refractivity contribution in [1.29, 1.82) is 0 Å². The molecule has 33 heavy (non-hydrogen) atoms. The first-order chi connectivity index (χ1) is 15.8. The Morgan fingerprint density at radius 3 is 2.33 bits per heavy atom. The molecule has 0 radical (unpaired) electrons. The molecule has 0 aliphatic carbocycles. The van der Waals surface area contributed by atoms with E-state index < -0.39 is 6.36 Å². The zero-order chi connectivity index (χ0) is 23.4. The number of halogens is 3. The van der Waals surface area contributed by atoms with Gasteiger partial charge in [-0.1, -0.05) is 60.7 Å². The Morgan fingerprint density at radius 2 is 1.61 bits per heavy atom. The third-order valence-corrected chi connectivity index (χ3v) is 5.57. The molecular formula is C27H24F3NO2. The average Bonchev–Trinajstić information content (AvgIpc) is 2.81. The highest BCUT2D eigenvalue weighted by atomic mass is 19.4. The first-order valence-electron chi connectivity index (χ1n) is 10.6. The van der Waals surface area contributed by atoms with E-state index in [4.69, 9.17) is 4.74 Å². The van der Waals surface area contributed by atoms with Crippen LogP contribution in [-0.4, -0.2) is 13.5 Å². The third kappa shape index (κ3) is 5.46. The predicted molar refractivity (Wildman–Crippen MR) is 124 cm³/mol. The van der Waals surface area contributed by atoms with E-state index in [2.05, 4.69) is 47.3 Å². The fourth-order valence-corrected chi connectivity index (χ4v) is 3.94. The zero-order valence-electron chi connectivity index (χ0n) is 18.3. The maximum atomic E-state index is 12.4. The molecule has 3 nitrogen and oxygen atoms in total. The summed E-state index contributed by atoms with van der Waals surface area (Å²) in [5.41, 5.74) is 3.80. The summed E-state index contributed by atoms with van der Waals surface area (Å²) in [6.07, 6.45) is -4.72. The van der Waals surface area contributed by atoms with Gasteiger partial charge in [-0.15, -0.1) is 13.2 Å². The first-order valence-corrected chi connectivity index (χ1v) is 10.6. The van der Waals surface area contributed by atoms with Crippen molar-refractivity contribution in [1.82, 2.24) is 5.32 Å². The SMILES string of the molecule is COc1ccc(CNC(C)c2cccc3ccccc23)cc1-c1ccc(OC(F)(F)F)cc1. The molecule has 0 saturated heterocycles. The number of hydrogen-bond donors (Lipinski definition) is 1. The molecule has 4 aromatic rings. The minimum absolute atomic E-state index is 0.125. The van der Waals surface area contributed by atoms with Gasteiger partial charge in [0, 0.05) is 18.2 Å². The van der Waals surface area contributed by atoms with Crippen molar-refractivity contribution in [2.75, 3.05) is 7.11 Å². The second kappa shape index (κ2) is 9.55. The monoisotopic (exact) mass is 451 g/mol. The second-order valence-corrected chi connectivity index (χ2v) is 7.78. The molecule has 1 atom stereocenters. The highest BCUT2D eigenvalue weighted by Crippen LogP contribution is 2.33. The van der Waals surface area contributed by atoms with Crippen LogP contribution in [-0.2, 0) is 6.54 Å². The highest BCUT2D eigenvalue weighted by molar-refractivity contribution is 5.86. The zero-order valence-corrected chi connectivity index (χ0v) is 18.3. The molecule has 0 aliphatic heterocycles. The number of rotatable bonds is 7. The van der Waals surface area contributed by atoms with E-state index in [0.717, 1.165) is 16.7 Å². The number of fused-ring (bicyclic) bond motifs is 1. The number of alkyl halides is 3. The summed E-state index contributed by atoms with van der Waals surface area (Å²) in [5, 5.41) is 5.99. The summed E-state index contributed by atoms with van der Waals surface area (Å²) in [7, 11) is 1.57. The van der Waals surface area contributed by atoms with E-state index in [9.17, 15) is 13.2 Å². The van der Waals surface area contributed by atoms with Crippen molar-refractivity contribution < 1.29 is 22.6 Å². The maximum absolute atomic E-state index is 12.4. The van der Waals surface area contributed by atoms with Crippen LogP contribution < -0.4 is 14.8 Å². The Balaban J connectivity index is 1.53. The lowest BCUT2D eigenvalue weighted by Crippen LogP contribution is -2.18. The minimum atomic E-state index is -4.72. The lowest BCUT2D eigenvalue weighted by atomic mass is 9.99. The van der Waals surface area contributed by atoms with Crippen molar-refractivity contribution in [3.05, 3.63) is 96.1 Å². The van der Waals surface area contributed by atoms with Gasteiger partial charge in [-0.25, -0.2) is 0 Å². The molecule has 4 aromatic carbocycles. The quantitative estimate of drug-likeness (QED) is 0.321. The Labute approximate surface area is 190 Å². The molecule has 170 valence electrons. The van der Waals surface area contributed by atoms with Gasteiger partial charge < -0.3 is 14.8 Å². The van der Waals surface area contributed by atoms with E-state index in [1.807, 2.05) is 30.3 Å². The Morgan fingerprint density at radius 1 is 0.879 bits per heavy atom. The summed E-state index contributed by atoms with van der Waals surface area (Å²) >= 11 is 0. The largest absolute Gasteiger partial charge is 0.573 e. The average molecular weight is 451 g/mol. The van der Waals surface area contributed by atoms with Crippen molar-refractivity contribution in [3.8, 4) is 22.6 Å². The van der Waals surface area contributed by atoms with E-state index in [-0.39, 0.29) is 11.8 Å². The van der Waals surface area contributed by atoms with Crippen molar-refractivity contribution in [3.63, 3.8) is 0 Å². The molecule has 4 rings (SSSR count). The van der Waals surface area contributed by atoms with E-state index in [1.165, 1.54) is 28.5 Å². The highest BCUT2D eigenvalue weighted by Gasteiger charge is 2.31. The van der Waals surface area contributed by atoms with Gasteiger partial charge in [0.1, 0.15) is 11.5 Å². The van der Waals surface area contributed by atoms with Gasteiger partial charge in [0.2, 0.25) is 0 Å². The van der Waals surface area contributed by atoms with Gasteiger partial charge in [-0.05, 0) is 58.7 Å². The molecule has 0 amide bonds. The fraction of sp³-hybridized carbons (Fsp3) is 0.185. The summed E-state index contributed by atoms with van der Waals surface area (Å²) in [4.78, 5) is 0. The van der Waals surface area contributed by atoms with Crippen molar-refractivity contribution in [2.45, 2.75) is 25.9 Å². The fourth-order valence-electron chi connectivity index (χ4n) is 3.94. The number of nitrogens with one attached hydrogen (secondary N) is 1. The summed E-state index contributed by atoms with van der Waals surface area (Å²) in [6, 6.07) is 26.3. The third-order valence-electron chi connectivity index (χ3n) is 5.57. The molecule has 0 aromatic heterocycles. The van der Waals surface area contributed by atoms with E-state index >= 15 is 0 Å². The van der Waals surface area contributed by atoms with E-state index in [0.29, 0.717) is 12.3 Å². The topological polar surface area (TPSA) is 30.5 Å². The van der Waals surface area contributed by atoms with Gasteiger partial charge in [-0.3, -0.25) is 0 Å². The molecule has 0 bridgehead atoms. The van der Waals surface area contributed by atoms with Crippen LogP contribution in [0.5, 0.6) is 11.5 Å². The summed E-state index contributed by atoms with van der Waals surface area (Å²) < 4.78 is 46.8. The standard InChI is InChI=1S/C27H24F3NO2/c1-18(23-9-5-7-20-6-3-4-8-24(20)23)31-17-19-10-15-26(32-2)25(16-19)21-11-13-22(14-12-21)33-27(28,29)30/h3-16,18,31H,17H2,1-2H3. The normalized spacial score (nSPS) is 12.5. The van der Waals surface area contributed by atoms with Gasteiger partial charge >= 0.3 is 6.36 Å². The van der Waals surface area contributed by atoms with Gasteiger partial charge in [0.25, 0.3) is 0 Å². The molecule has 0 spiro atoms. The molecule has 1 N–H and O–H groups in total. The number of hydrogen-bond acceptors (Lipinski definition) is 3. The molecule has 1 unspecified atom stereocenters. The van der Waals surface area contributed by atoms with Crippen LogP contribution in [0.1, 0.15) is 24.1 Å². The van der Waals surface area contributed by atoms with Crippen LogP contribution >= 0.6 is 0 Å². The molecule has 0 fully saturated rings. The lowest BCUT2D eigenvalue weighted by Gasteiger charge is -2.18. The summed E-state index contributed by atoms with van der Waals surface area (Å²) in [5.74, 6) is 0.386. The van der Waals surface area contributed by atoms with Crippen LogP contribution in [0.25, 0.3) is 21.9 Å². The van der Waals surface area contributed by atoms with Crippen LogP contribution in [0, 0.1) is 0 Å². The molecular weight excluding hydrogens is 427 g/mol. The van der Waals surface area contributed by atoms with Crippen molar-refractivity contribution in [2.24, 2.45) is 0 Å². The van der Waals surface area contributed by atoms with Crippen LogP contribution in [0.3, 0.4) is 0 Å². The Kier molecular flexibility index (Phi) is 6.56. The number of ether oxygens (including phenoxy) is 2. The van der Waals surface area contributed by atoms with E-state index in [1.54, 1.807) is 19.2 Å². The minimum Gasteiger partial charge on any atom is -0.496 e. The smallest absolute Gasteiger partial charge is 0.496 e. The molecule has 0 heterocycles. The van der Waals surface area contributed by atoms with Crippen LogP contribution in [0.15, 0.2) is 84.9 Å². The maximum Gasteiger partial charge on any atom is 0.573 e. The van der Waals surface area contributed by atoms with Gasteiger partial charge in [-0.2, -0.15) is 0 Å². The molecule has 6 heteroatoms. The Bertz CT molecular complexity index is 1230. The number of methoxy groups -OCH3 is 1. The molecule has 0 saturated carbocycles.